The van der Waals surface area contributed by atoms with Gasteiger partial charge >= 0.3 is 0 Å². The van der Waals surface area contributed by atoms with Crippen molar-refractivity contribution < 1.29 is 5.11 Å². The lowest BCUT2D eigenvalue weighted by Gasteiger charge is -2.26. The Kier molecular flexibility index (Phi) is 3.11. The number of anilines is 1. The van der Waals surface area contributed by atoms with Gasteiger partial charge in [-0.25, -0.2) is 0 Å². The zero-order chi connectivity index (χ0) is 11.6. The minimum Gasteiger partial charge on any atom is -0.395 e. The molecule has 1 aromatic rings. The Bertz CT molecular complexity index is 343. The summed E-state index contributed by atoms with van der Waals surface area (Å²) in [5.41, 5.74) is -0.362. The van der Waals surface area contributed by atoms with E-state index in [0.29, 0.717) is 0 Å². The lowest BCUT2D eigenvalue weighted by Crippen LogP contribution is -2.44. The van der Waals surface area contributed by atoms with E-state index in [4.69, 9.17) is 0 Å². The fourth-order valence-corrected chi connectivity index (χ4v) is 1.64. The summed E-state index contributed by atoms with van der Waals surface area (Å²) in [4.78, 5) is 6.59. The van der Waals surface area contributed by atoms with Crippen LogP contribution >= 0.6 is 0 Å². The Balaban J connectivity index is 2.12. The molecule has 1 aliphatic heterocycles. The van der Waals surface area contributed by atoms with E-state index in [2.05, 4.69) is 25.4 Å². The molecule has 0 bridgehead atoms. The highest BCUT2D eigenvalue weighted by atomic mass is 16.3. The van der Waals surface area contributed by atoms with E-state index in [-0.39, 0.29) is 12.0 Å². The highest BCUT2D eigenvalue weighted by Gasteiger charge is 2.25. The summed E-state index contributed by atoms with van der Waals surface area (Å²) in [7, 11) is 0. The Labute approximate surface area is 95.1 Å². The van der Waals surface area contributed by atoms with Gasteiger partial charge in [-0.1, -0.05) is 13.8 Å². The van der Waals surface area contributed by atoms with Gasteiger partial charge in [0.2, 0.25) is 5.95 Å². The molecule has 0 aromatic carbocycles. The third kappa shape index (κ3) is 2.17. The van der Waals surface area contributed by atoms with E-state index in [0.717, 1.165) is 38.0 Å². The summed E-state index contributed by atoms with van der Waals surface area (Å²) < 4.78 is 0. The van der Waals surface area contributed by atoms with Crippen LogP contribution < -0.4 is 10.2 Å². The van der Waals surface area contributed by atoms with Crippen molar-refractivity contribution >= 4 is 5.95 Å². The third-order valence-corrected chi connectivity index (χ3v) is 2.91. The number of aliphatic hydroxyl groups excluding tert-OH is 1. The molecule has 16 heavy (non-hydrogen) atoms. The normalized spacial score (nSPS) is 17.8. The van der Waals surface area contributed by atoms with E-state index in [1.165, 1.54) is 0 Å². The van der Waals surface area contributed by atoms with Crippen molar-refractivity contribution in [3.05, 3.63) is 5.82 Å². The predicted molar refractivity (Wildman–Crippen MR) is 61.6 cm³/mol. The zero-order valence-electron chi connectivity index (χ0n) is 9.82. The zero-order valence-corrected chi connectivity index (χ0v) is 9.82. The monoisotopic (exact) mass is 225 g/mol. The van der Waals surface area contributed by atoms with Crippen molar-refractivity contribution in [1.82, 2.24) is 20.5 Å². The number of nitrogens with zero attached hydrogens (tertiary/aromatic N) is 3. The lowest BCUT2D eigenvalue weighted by molar-refractivity contribution is 0.212. The first-order valence-electron chi connectivity index (χ1n) is 5.63. The number of hydrogen-bond donors (Lipinski definition) is 3. The number of aromatic nitrogens is 3. The summed E-state index contributed by atoms with van der Waals surface area (Å²) in [6.07, 6.45) is 0. The first-order chi connectivity index (χ1) is 7.63. The maximum absolute atomic E-state index is 9.26. The Morgan fingerprint density at radius 2 is 2.06 bits per heavy atom. The maximum atomic E-state index is 9.26. The van der Waals surface area contributed by atoms with Crippen LogP contribution in [0.3, 0.4) is 0 Å². The minimum absolute atomic E-state index is 0.0587. The smallest absolute Gasteiger partial charge is 0.244 e. The molecule has 0 saturated carbocycles. The van der Waals surface area contributed by atoms with E-state index < -0.39 is 0 Å². The first kappa shape index (κ1) is 11.3. The van der Waals surface area contributed by atoms with Crippen LogP contribution in [0.25, 0.3) is 0 Å². The number of H-pyrrole nitrogens is 1. The van der Waals surface area contributed by atoms with Crippen molar-refractivity contribution in [1.29, 1.82) is 0 Å². The average molecular weight is 225 g/mol. The standard InChI is InChI=1S/C10H19N5O/c1-10(2,7-16)8-12-9(14-13-8)15-5-3-11-4-6-15/h11,16H,3-7H2,1-2H3,(H,12,13,14). The molecular formula is C10H19N5O. The van der Waals surface area contributed by atoms with Gasteiger partial charge in [-0.3, -0.25) is 5.10 Å². The molecule has 2 heterocycles. The van der Waals surface area contributed by atoms with Crippen LogP contribution in [0.5, 0.6) is 0 Å². The van der Waals surface area contributed by atoms with Gasteiger partial charge in [0.15, 0.2) is 0 Å². The van der Waals surface area contributed by atoms with E-state index in [9.17, 15) is 5.11 Å². The van der Waals surface area contributed by atoms with Crippen molar-refractivity contribution in [3.63, 3.8) is 0 Å². The molecule has 1 fully saturated rings. The number of rotatable bonds is 3. The second-order valence-corrected chi connectivity index (χ2v) is 4.76. The third-order valence-electron chi connectivity index (χ3n) is 2.91. The topological polar surface area (TPSA) is 77.1 Å². The molecule has 0 aliphatic carbocycles. The summed E-state index contributed by atoms with van der Waals surface area (Å²) in [6, 6.07) is 0. The van der Waals surface area contributed by atoms with Crippen molar-refractivity contribution in [2.45, 2.75) is 19.3 Å². The van der Waals surface area contributed by atoms with Crippen LogP contribution in [0.1, 0.15) is 19.7 Å². The van der Waals surface area contributed by atoms with Crippen LogP contribution in [0.2, 0.25) is 0 Å². The molecule has 0 atom stereocenters. The second kappa shape index (κ2) is 4.39. The maximum Gasteiger partial charge on any atom is 0.244 e. The van der Waals surface area contributed by atoms with E-state index >= 15 is 0 Å². The molecule has 1 saturated heterocycles. The number of aliphatic hydroxyl groups is 1. The second-order valence-electron chi connectivity index (χ2n) is 4.76. The van der Waals surface area contributed by atoms with Gasteiger partial charge in [-0.15, -0.1) is 5.10 Å². The van der Waals surface area contributed by atoms with E-state index in [1.807, 2.05) is 13.8 Å². The largest absolute Gasteiger partial charge is 0.395 e. The predicted octanol–water partition coefficient (Wildman–Crippen LogP) is -0.516. The van der Waals surface area contributed by atoms with Gasteiger partial charge in [0, 0.05) is 31.6 Å². The summed E-state index contributed by atoms with van der Waals surface area (Å²) in [5.74, 6) is 1.47. The Morgan fingerprint density at radius 3 is 2.69 bits per heavy atom. The molecule has 2 rings (SSSR count). The molecule has 0 amide bonds. The molecule has 3 N–H and O–H groups in total. The number of piperazine rings is 1. The summed E-state index contributed by atoms with van der Waals surface area (Å²) in [6.45, 7) is 7.72. The molecule has 0 unspecified atom stereocenters. The molecule has 1 aromatic heterocycles. The molecule has 0 spiro atoms. The molecular weight excluding hydrogens is 206 g/mol. The fraction of sp³-hybridized carbons (Fsp3) is 0.800. The quantitative estimate of drug-likeness (QED) is 0.645. The average Bonchev–Trinajstić information content (AvgIpc) is 2.80. The van der Waals surface area contributed by atoms with Gasteiger partial charge < -0.3 is 15.3 Å². The highest BCUT2D eigenvalue weighted by molar-refractivity contribution is 5.30. The fourth-order valence-electron chi connectivity index (χ4n) is 1.64. The van der Waals surface area contributed by atoms with Crippen molar-refractivity contribution in [2.75, 3.05) is 37.7 Å². The molecule has 0 radical (unpaired) electrons. The van der Waals surface area contributed by atoms with Crippen LogP contribution in [-0.2, 0) is 5.41 Å². The first-order valence-corrected chi connectivity index (χ1v) is 5.63. The van der Waals surface area contributed by atoms with Crippen molar-refractivity contribution in [2.24, 2.45) is 0 Å². The number of hydrogen-bond acceptors (Lipinski definition) is 5. The van der Waals surface area contributed by atoms with Gasteiger partial charge in [-0.2, -0.15) is 4.98 Å². The highest BCUT2D eigenvalue weighted by Crippen LogP contribution is 2.20. The minimum atomic E-state index is -0.362. The van der Waals surface area contributed by atoms with Crippen LogP contribution in [0.15, 0.2) is 0 Å². The molecule has 6 nitrogen and oxygen atoms in total. The summed E-state index contributed by atoms with van der Waals surface area (Å²) >= 11 is 0. The van der Waals surface area contributed by atoms with Crippen LogP contribution in [-0.4, -0.2) is 53.1 Å². The van der Waals surface area contributed by atoms with Gasteiger partial charge in [0.1, 0.15) is 5.82 Å². The Morgan fingerprint density at radius 1 is 1.38 bits per heavy atom. The molecule has 90 valence electrons. The number of aromatic amines is 1. The van der Waals surface area contributed by atoms with Crippen molar-refractivity contribution in [3.8, 4) is 0 Å². The molecule has 1 aliphatic rings. The number of nitrogens with one attached hydrogen (secondary N) is 2. The van der Waals surface area contributed by atoms with Crippen LogP contribution in [0.4, 0.5) is 5.95 Å². The van der Waals surface area contributed by atoms with Crippen LogP contribution in [0, 0.1) is 0 Å². The van der Waals surface area contributed by atoms with Gasteiger partial charge in [0.25, 0.3) is 0 Å². The SMILES string of the molecule is CC(C)(CO)c1nc(N2CCNCC2)n[nH]1. The summed E-state index contributed by atoms with van der Waals surface area (Å²) in [5, 5.41) is 19.7. The van der Waals surface area contributed by atoms with E-state index in [1.54, 1.807) is 0 Å². The van der Waals surface area contributed by atoms with Gasteiger partial charge in [-0.05, 0) is 0 Å². The Hall–Kier alpha value is -1.14. The molecule has 6 heteroatoms. The lowest BCUT2D eigenvalue weighted by atomic mass is 9.94. The van der Waals surface area contributed by atoms with Gasteiger partial charge in [0.05, 0.1) is 6.61 Å².